The van der Waals surface area contributed by atoms with Crippen LogP contribution in [0.5, 0.6) is 0 Å². The maximum atomic E-state index is 5.75. The number of nitrogens with two attached hydrogens (primary N) is 1. The second-order valence-corrected chi connectivity index (χ2v) is 4.92. The minimum absolute atomic E-state index is 0.645. The van der Waals surface area contributed by atoms with Crippen LogP contribution in [0.25, 0.3) is 0 Å². The summed E-state index contributed by atoms with van der Waals surface area (Å²) in [5.74, 6) is 1.80. The van der Waals surface area contributed by atoms with Crippen LogP contribution in [0.2, 0.25) is 0 Å². The van der Waals surface area contributed by atoms with Gasteiger partial charge >= 0.3 is 0 Å². The van der Waals surface area contributed by atoms with Crippen molar-refractivity contribution in [3.8, 4) is 0 Å². The molecule has 2 heterocycles. The topological polar surface area (TPSA) is 47.1 Å². The molecule has 0 amide bonds. The Balaban J connectivity index is 2.16. The summed E-state index contributed by atoms with van der Waals surface area (Å²) < 4.78 is 2.30. The van der Waals surface area contributed by atoms with Gasteiger partial charge in [-0.05, 0) is 31.7 Å². The predicted octanol–water partition coefficient (Wildman–Crippen LogP) is 1.64. The maximum absolute atomic E-state index is 5.75. The largest absolute Gasteiger partial charge is 0.342 e. The molecule has 1 aliphatic heterocycles. The second-order valence-electron chi connectivity index (χ2n) is 4.92. The average Bonchev–Trinajstić information content (AvgIpc) is 2.95. The summed E-state index contributed by atoms with van der Waals surface area (Å²) in [7, 11) is 0. The molecule has 4 nitrogen and oxygen atoms in total. The summed E-state index contributed by atoms with van der Waals surface area (Å²) in [6.07, 6.45) is 5.57. The Bertz CT molecular complexity index is 358. The van der Waals surface area contributed by atoms with Crippen molar-refractivity contribution in [2.75, 3.05) is 24.5 Å². The van der Waals surface area contributed by atoms with E-state index < -0.39 is 0 Å². The Kier molecular flexibility index (Phi) is 4.05. The number of aromatic nitrogens is 2. The standard InChI is InChI=1S/C13H24N4/c1-3-6-16-10-12(4-2)15-13(16)17-7-5-11(8-14)9-17/h10-11H,3-9,14H2,1-2H3. The van der Waals surface area contributed by atoms with E-state index >= 15 is 0 Å². The molecule has 0 saturated carbocycles. The summed E-state index contributed by atoms with van der Waals surface area (Å²) in [6, 6.07) is 0. The van der Waals surface area contributed by atoms with Crippen LogP contribution in [0, 0.1) is 5.92 Å². The Labute approximate surface area is 104 Å². The highest BCUT2D eigenvalue weighted by Gasteiger charge is 2.24. The van der Waals surface area contributed by atoms with E-state index in [1.54, 1.807) is 0 Å². The lowest BCUT2D eigenvalue weighted by atomic mass is 10.1. The number of anilines is 1. The van der Waals surface area contributed by atoms with E-state index in [0.717, 1.165) is 45.0 Å². The van der Waals surface area contributed by atoms with E-state index in [2.05, 4.69) is 29.5 Å². The molecule has 2 N–H and O–H groups in total. The van der Waals surface area contributed by atoms with Crippen LogP contribution in [0.3, 0.4) is 0 Å². The van der Waals surface area contributed by atoms with Gasteiger partial charge in [-0.25, -0.2) is 4.98 Å². The van der Waals surface area contributed by atoms with Crippen molar-refractivity contribution in [2.24, 2.45) is 11.7 Å². The van der Waals surface area contributed by atoms with Gasteiger partial charge in [0, 0.05) is 25.8 Å². The zero-order valence-electron chi connectivity index (χ0n) is 11.0. The molecule has 0 spiro atoms. The number of hydrogen-bond acceptors (Lipinski definition) is 3. The van der Waals surface area contributed by atoms with E-state index in [1.807, 2.05) is 0 Å². The zero-order chi connectivity index (χ0) is 12.3. The third kappa shape index (κ3) is 2.63. The molecular weight excluding hydrogens is 212 g/mol. The Hall–Kier alpha value is -1.03. The molecule has 0 bridgehead atoms. The van der Waals surface area contributed by atoms with Gasteiger partial charge in [0.15, 0.2) is 0 Å². The molecule has 4 heteroatoms. The molecule has 0 radical (unpaired) electrons. The van der Waals surface area contributed by atoms with Crippen molar-refractivity contribution in [3.63, 3.8) is 0 Å². The van der Waals surface area contributed by atoms with Gasteiger partial charge < -0.3 is 15.2 Å². The zero-order valence-corrected chi connectivity index (χ0v) is 11.0. The van der Waals surface area contributed by atoms with Gasteiger partial charge in [0.1, 0.15) is 0 Å². The second kappa shape index (κ2) is 5.54. The lowest BCUT2D eigenvalue weighted by Gasteiger charge is -2.18. The molecule has 1 saturated heterocycles. The minimum atomic E-state index is 0.645. The van der Waals surface area contributed by atoms with E-state index in [0.29, 0.717) is 5.92 Å². The number of hydrogen-bond donors (Lipinski definition) is 1. The van der Waals surface area contributed by atoms with E-state index in [9.17, 15) is 0 Å². The van der Waals surface area contributed by atoms with Crippen molar-refractivity contribution in [1.82, 2.24) is 9.55 Å². The fraction of sp³-hybridized carbons (Fsp3) is 0.769. The molecule has 0 aromatic carbocycles. The van der Waals surface area contributed by atoms with Crippen LogP contribution in [-0.4, -0.2) is 29.2 Å². The monoisotopic (exact) mass is 236 g/mol. The van der Waals surface area contributed by atoms with Gasteiger partial charge in [-0.2, -0.15) is 0 Å². The summed E-state index contributed by atoms with van der Waals surface area (Å²) in [5.41, 5.74) is 6.95. The summed E-state index contributed by atoms with van der Waals surface area (Å²) in [5, 5.41) is 0. The third-order valence-electron chi connectivity index (χ3n) is 3.53. The molecule has 17 heavy (non-hydrogen) atoms. The lowest BCUT2D eigenvalue weighted by molar-refractivity contribution is 0.598. The number of imidazole rings is 1. The average molecular weight is 236 g/mol. The molecule has 1 aliphatic rings. The molecule has 2 rings (SSSR count). The van der Waals surface area contributed by atoms with E-state index in [4.69, 9.17) is 10.7 Å². The fourth-order valence-electron chi connectivity index (χ4n) is 2.49. The van der Waals surface area contributed by atoms with Crippen LogP contribution in [-0.2, 0) is 13.0 Å². The van der Waals surface area contributed by atoms with Gasteiger partial charge in [-0.15, -0.1) is 0 Å². The molecule has 1 aromatic heterocycles. The highest BCUT2D eigenvalue weighted by molar-refractivity contribution is 5.35. The predicted molar refractivity (Wildman–Crippen MR) is 71.3 cm³/mol. The van der Waals surface area contributed by atoms with Gasteiger partial charge in [-0.3, -0.25) is 0 Å². The van der Waals surface area contributed by atoms with Crippen molar-refractivity contribution < 1.29 is 0 Å². The van der Waals surface area contributed by atoms with Crippen molar-refractivity contribution in [2.45, 2.75) is 39.7 Å². The van der Waals surface area contributed by atoms with Crippen LogP contribution in [0.4, 0.5) is 5.95 Å². The van der Waals surface area contributed by atoms with E-state index in [-0.39, 0.29) is 0 Å². The van der Waals surface area contributed by atoms with Gasteiger partial charge in [-0.1, -0.05) is 13.8 Å². The first kappa shape index (κ1) is 12.4. The fourth-order valence-corrected chi connectivity index (χ4v) is 2.49. The highest BCUT2D eigenvalue weighted by atomic mass is 15.3. The summed E-state index contributed by atoms with van der Waals surface area (Å²) in [6.45, 7) is 8.40. The molecule has 1 unspecified atom stereocenters. The lowest BCUT2D eigenvalue weighted by Crippen LogP contribution is -2.25. The Morgan fingerprint density at radius 2 is 2.29 bits per heavy atom. The van der Waals surface area contributed by atoms with Gasteiger partial charge in [0.25, 0.3) is 0 Å². The minimum Gasteiger partial charge on any atom is -0.342 e. The molecule has 1 atom stereocenters. The number of rotatable bonds is 5. The number of aryl methyl sites for hydroxylation is 2. The molecule has 1 fully saturated rings. The van der Waals surface area contributed by atoms with Crippen molar-refractivity contribution >= 4 is 5.95 Å². The van der Waals surface area contributed by atoms with Gasteiger partial charge in [0.2, 0.25) is 5.95 Å². The van der Waals surface area contributed by atoms with Gasteiger partial charge in [0.05, 0.1) is 5.69 Å². The highest BCUT2D eigenvalue weighted by Crippen LogP contribution is 2.23. The Morgan fingerprint density at radius 1 is 1.47 bits per heavy atom. The van der Waals surface area contributed by atoms with Crippen molar-refractivity contribution in [3.05, 3.63) is 11.9 Å². The van der Waals surface area contributed by atoms with Crippen LogP contribution in [0.15, 0.2) is 6.20 Å². The summed E-state index contributed by atoms with van der Waals surface area (Å²) in [4.78, 5) is 7.14. The van der Waals surface area contributed by atoms with E-state index in [1.165, 1.54) is 12.1 Å². The number of nitrogens with zero attached hydrogens (tertiary/aromatic N) is 3. The quantitative estimate of drug-likeness (QED) is 0.845. The first-order valence-corrected chi connectivity index (χ1v) is 6.79. The SMILES string of the molecule is CCCn1cc(CC)nc1N1CCC(CN)C1. The summed E-state index contributed by atoms with van der Waals surface area (Å²) >= 11 is 0. The maximum Gasteiger partial charge on any atom is 0.205 e. The van der Waals surface area contributed by atoms with Crippen LogP contribution >= 0.6 is 0 Å². The molecular formula is C13H24N4. The molecule has 96 valence electrons. The van der Waals surface area contributed by atoms with Crippen molar-refractivity contribution in [1.29, 1.82) is 0 Å². The molecule has 1 aromatic rings. The first-order chi connectivity index (χ1) is 8.28. The van der Waals surface area contributed by atoms with Crippen LogP contribution < -0.4 is 10.6 Å². The van der Waals surface area contributed by atoms with Crippen LogP contribution in [0.1, 0.15) is 32.4 Å². The normalized spacial score (nSPS) is 20.2. The molecule has 0 aliphatic carbocycles. The smallest absolute Gasteiger partial charge is 0.205 e. The third-order valence-corrected chi connectivity index (χ3v) is 3.53. The Morgan fingerprint density at radius 3 is 2.88 bits per heavy atom. The first-order valence-electron chi connectivity index (χ1n) is 6.79.